The zero-order valence-electron chi connectivity index (χ0n) is 16.0. The number of methoxy groups -OCH3 is 2. The molecular weight excluding hydrogens is 368 g/mol. The fourth-order valence-corrected chi connectivity index (χ4v) is 3.36. The standard InChI is InChI=1S/C24H18O5/c1-27-18-13-11-16(12-14-18)22-21(15-7-9-17(10-8-15)23(25)28-2)19-5-3-4-6-20(19)29-24(22)26/h3-14H,1-2H3. The SMILES string of the molecule is COC(=O)c1ccc(-c2c(-c3ccc(OC)cc3)c(=O)oc3ccccc23)cc1. The monoisotopic (exact) mass is 386 g/mol. The molecule has 0 bridgehead atoms. The van der Waals surface area contributed by atoms with Crippen LogP contribution in [0.1, 0.15) is 10.4 Å². The summed E-state index contributed by atoms with van der Waals surface area (Å²) >= 11 is 0. The number of rotatable bonds is 4. The number of carbonyl (C=O) groups is 1. The van der Waals surface area contributed by atoms with Gasteiger partial charge in [-0.3, -0.25) is 0 Å². The van der Waals surface area contributed by atoms with Crippen molar-refractivity contribution in [3.05, 3.63) is 88.8 Å². The van der Waals surface area contributed by atoms with Gasteiger partial charge in [0.2, 0.25) is 0 Å². The smallest absolute Gasteiger partial charge is 0.344 e. The lowest BCUT2D eigenvalue weighted by molar-refractivity contribution is 0.0601. The second-order valence-electron chi connectivity index (χ2n) is 6.43. The van der Waals surface area contributed by atoms with Gasteiger partial charge in [0.15, 0.2) is 0 Å². The van der Waals surface area contributed by atoms with E-state index < -0.39 is 11.6 Å². The maximum atomic E-state index is 12.9. The van der Waals surface area contributed by atoms with E-state index in [-0.39, 0.29) is 0 Å². The highest BCUT2D eigenvalue weighted by atomic mass is 16.5. The van der Waals surface area contributed by atoms with Crippen molar-refractivity contribution in [2.45, 2.75) is 0 Å². The topological polar surface area (TPSA) is 65.7 Å². The zero-order chi connectivity index (χ0) is 20.4. The number of carbonyl (C=O) groups excluding carboxylic acids is 1. The van der Waals surface area contributed by atoms with E-state index >= 15 is 0 Å². The number of para-hydroxylation sites is 1. The van der Waals surface area contributed by atoms with Crippen LogP contribution in [0.5, 0.6) is 5.75 Å². The van der Waals surface area contributed by atoms with E-state index in [0.29, 0.717) is 22.5 Å². The maximum absolute atomic E-state index is 12.9. The Morgan fingerprint density at radius 3 is 2.07 bits per heavy atom. The largest absolute Gasteiger partial charge is 0.497 e. The van der Waals surface area contributed by atoms with Crippen molar-refractivity contribution in [3.63, 3.8) is 0 Å². The highest BCUT2D eigenvalue weighted by Crippen LogP contribution is 2.36. The first-order valence-electron chi connectivity index (χ1n) is 9.01. The fourth-order valence-electron chi connectivity index (χ4n) is 3.36. The normalized spacial score (nSPS) is 10.7. The van der Waals surface area contributed by atoms with E-state index in [1.807, 2.05) is 30.3 Å². The van der Waals surface area contributed by atoms with Crippen molar-refractivity contribution in [3.8, 4) is 28.0 Å². The van der Waals surface area contributed by atoms with E-state index in [0.717, 1.165) is 22.1 Å². The summed E-state index contributed by atoms with van der Waals surface area (Å²) in [6, 6.07) is 21.6. The molecule has 0 saturated heterocycles. The third-order valence-corrected chi connectivity index (χ3v) is 4.79. The number of benzene rings is 3. The van der Waals surface area contributed by atoms with Gasteiger partial charge < -0.3 is 13.9 Å². The number of esters is 1. The van der Waals surface area contributed by atoms with Crippen LogP contribution < -0.4 is 10.4 Å². The molecule has 5 nitrogen and oxygen atoms in total. The quantitative estimate of drug-likeness (QED) is 0.368. The third-order valence-electron chi connectivity index (χ3n) is 4.79. The molecule has 4 rings (SSSR count). The van der Waals surface area contributed by atoms with Gasteiger partial charge in [0, 0.05) is 10.9 Å². The van der Waals surface area contributed by atoms with Crippen LogP contribution in [0.4, 0.5) is 0 Å². The lowest BCUT2D eigenvalue weighted by Crippen LogP contribution is -2.06. The number of ether oxygens (including phenoxy) is 2. The molecule has 4 aromatic rings. The Balaban J connectivity index is 1.99. The van der Waals surface area contributed by atoms with Crippen molar-refractivity contribution < 1.29 is 18.7 Å². The molecule has 0 N–H and O–H groups in total. The molecule has 144 valence electrons. The predicted octanol–water partition coefficient (Wildman–Crippen LogP) is 4.92. The molecule has 0 aliphatic carbocycles. The van der Waals surface area contributed by atoms with Crippen LogP contribution in [0.25, 0.3) is 33.2 Å². The average Bonchev–Trinajstić information content (AvgIpc) is 2.78. The van der Waals surface area contributed by atoms with Gasteiger partial charge in [-0.1, -0.05) is 42.5 Å². The summed E-state index contributed by atoms with van der Waals surface area (Å²) in [5.74, 6) is 0.285. The summed E-state index contributed by atoms with van der Waals surface area (Å²) in [6.45, 7) is 0. The van der Waals surface area contributed by atoms with Crippen LogP contribution in [-0.2, 0) is 4.74 Å². The minimum atomic E-state index is -0.430. The molecule has 1 aromatic heterocycles. The van der Waals surface area contributed by atoms with Crippen LogP contribution in [0, 0.1) is 0 Å². The van der Waals surface area contributed by atoms with Gasteiger partial charge >= 0.3 is 11.6 Å². The van der Waals surface area contributed by atoms with Gasteiger partial charge in [0.1, 0.15) is 11.3 Å². The highest BCUT2D eigenvalue weighted by Gasteiger charge is 2.18. The summed E-state index contributed by atoms with van der Waals surface area (Å²) in [4.78, 5) is 24.7. The van der Waals surface area contributed by atoms with Crippen molar-refractivity contribution in [2.75, 3.05) is 14.2 Å². The molecule has 0 radical (unpaired) electrons. The Morgan fingerprint density at radius 2 is 1.41 bits per heavy atom. The first-order valence-corrected chi connectivity index (χ1v) is 9.01. The minimum Gasteiger partial charge on any atom is -0.497 e. The maximum Gasteiger partial charge on any atom is 0.344 e. The Kier molecular flexibility index (Phi) is 4.87. The van der Waals surface area contributed by atoms with Crippen molar-refractivity contribution in [2.24, 2.45) is 0 Å². The van der Waals surface area contributed by atoms with Gasteiger partial charge in [0.05, 0.1) is 25.3 Å². The molecule has 0 fully saturated rings. The average molecular weight is 386 g/mol. The Bertz CT molecular complexity index is 1240. The Hall–Kier alpha value is -3.86. The van der Waals surface area contributed by atoms with E-state index in [1.165, 1.54) is 7.11 Å². The van der Waals surface area contributed by atoms with Crippen LogP contribution in [0.2, 0.25) is 0 Å². The summed E-state index contributed by atoms with van der Waals surface area (Å²) in [7, 11) is 2.93. The van der Waals surface area contributed by atoms with Crippen molar-refractivity contribution >= 4 is 16.9 Å². The summed E-state index contributed by atoms with van der Waals surface area (Å²) in [5.41, 5.74) is 3.23. The predicted molar refractivity (Wildman–Crippen MR) is 111 cm³/mol. The first kappa shape index (κ1) is 18.5. The molecule has 3 aromatic carbocycles. The van der Waals surface area contributed by atoms with Crippen molar-refractivity contribution in [1.82, 2.24) is 0 Å². The number of hydrogen-bond donors (Lipinski definition) is 0. The third kappa shape index (κ3) is 3.38. The molecule has 0 spiro atoms. The lowest BCUT2D eigenvalue weighted by atomic mass is 9.92. The molecule has 5 heteroatoms. The molecular formula is C24H18O5. The number of hydrogen-bond acceptors (Lipinski definition) is 5. The molecule has 0 aliphatic heterocycles. The van der Waals surface area contributed by atoms with Gasteiger partial charge in [-0.2, -0.15) is 0 Å². The Morgan fingerprint density at radius 1 is 0.793 bits per heavy atom. The van der Waals surface area contributed by atoms with Gasteiger partial charge in [-0.05, 0) is 41.5 Å². The molecule has 1 heterocycles. The zero-order valence-corrected chi connectivity index (χ0v) is 16.0. The molecule has 0 saturated carbocycles. The van der Waals surface area contributed by atoms with E-state index in [4.69, 9.17) is 13.9 Å². The van der Waals surface area contributed by atoms with Crippen LogP contribution in [0.3, 0.4) is 0 Å². The van der Waals surface area contributed by atoms with Gasteiger partial charge in [0.25, 0.3) is 0 Å². The van der Waals surface area contributed by atoms with E-state index in [9.17, 15) is 9.59 Å². The number of fused-ring (bicyclic) bond motifs is 1. The molecule has 0 amide bonds. The first-order chi connectivity index (χ1) is 14.1. The van der Waals surface area contributed by atoms with Gasteiger partial charge in [-0.25, -0.2) is 9.59 Å². The minimum absolute atomic E-state index is 0.413. The molecule has 0 unspecified atom stereocenters. The second kappa shape index (κ2) is 7.64. The molecule has 0 aliphatic rings. The molecule has 0 atom stereocenters. The van der Waals surface area contributed by atoms with Crippen LogP contribution in [0.15, 0.2) is 82.0 Å². The molecule has 29 heavy (non-hydrogen) atoms. The van der Waals surface area contributed by atoms with Crippen molar-refractivity contribution in [1.29, 1.82) is 0 Å². The summed E-state index contributed by atoms with van der Waals surface area (Å²) in [6.07, 6.45) is 0. The summed E-state index contributed by atoms with van der Waals surface area (Å²) < 4.78 is 15.6. The van der Waals surface area contributed by atoms with Gasteiger partial charge in [-0.15, -0.1) is 0 Å². The highest BCUT2D eigenvalue weighted by molar-refractivity contribution is 6.01. The van der Waals surface area contributed by atoms with E-state index in [1.54, 1.807) is 49.6 Å². The fraction of sp³-hybridized carbons (Fsp3) is 0.0833. The van der Waals surface area contributed by atoms with Crippen LogP contribution >= 0.6 is 0 Å². The lowest BCUT2D eigenvalue weighted by Gasteiger charge is -2.13. The van der Waals surface area contributed by atoms with E-state index in [2.05, 4.69) is 0 Å². The summed E-state index contributed by atoms with van der Waals surface area (Å²) in [5, 5.41) is 0.809. The second-order valence-corrected chi connectivity index (χ2v) is 6.43. The Labute approximate surface area is 167 Å². The van der Waals surface area contributed by atoms with Crippen LogP contribution in [-0.4, -0.2) is 20.2 Å².